The minimum Gasteiger partial charge on any atom is -0.290 e. The molecule has 9 heteroatoms. The van der Waals surface area contributed by atoms with Gasteiger partial charge in [-0.25, -0.2) is 20.8 Å². The van der Waals surface area contributed by atoms with E-state index in [2.05, 4.69) is 15.0 Å². The van der Waals surface area contributed by atoms with Crippen molar-refractivity contribution in [3.8, 4) is 11.3 Å². The summed E-state index contributed by atoms with van der Waals surface area (Å²) in [6.45, 7) is 1.62. The first-order valence-corrected chi connectivity index (χ1v) is 5.71. The minimum absolute atomic E-state index is 0.0991. The summed E-state index contributed by atoms with van der Waals surface area (Å²) >= 11 is 0. The standard InChI is InChI=1S/C12H10F3N5O/c1-6-17-4-7(5-18-6)10-8(11(21)20-16)2-3-9(19-10)12(13,14)15/h2-5H,16H2,1H3,(H,20,21). The molecular weight excluding hydrogens is 287 g/mol. The largest absolute Gasteiger partial charge is 0.433 e. The van der Waals surface area contributed by atoms with Gasteiger partial charge in [0.15, 0.2) is 0 Å². The van der Waals surface area contributed by atoms with Gasteiger partial charge in [0.1, 0.15) is 11.5 Å². The van der Waals surface area contributed by atoms with Crippen molar-refractivity contribution in [1.82, 2.24) is 20.4 Å². The highest BCUT2D eigenvalue weighted by Crippen LogP contribution is 2.30. The van der Waals surface area contributed by atoms with E-state index < -0.39 is 17.8 Å². The summed E-state index contributed by atoms with van der Waals surface area (Å²) in [5.41, 5.74) is 0.640. The molecule has 0 aromatic carbocycles. The molecule has 0 atom stereocenters. The first kappa shape index (κ1) is 14.9. The third-order valence-electron chi connectivity index (χ3n) is 2.62. The van der Waals surface area contributed by atoms with E-state index in [0.29, 0.717) is 11.9 Å². The van der Waals surface area contributed by atoms with Crippen LogP contribution >= 0.6 is 0 Å². The topological polar surface area (TPSA) is 93.8 Å². The second kappa shape index (κ2) is 5.44. The number of nitrogen functional groups attached to an aromatic ring is 1. The Balaban J connectivity index is 2.63. The first-order chi connectivity index (χ1) is 9.82. The van der Waals surface area contributed by atoms with Crippen molar-refractivity contribution in [2.24, 2.45) is 5.84 Å². The molecule has 110 valence electrons. The van der Waals surface area contributed by atoms with Crippen LogP contribution in [-0.4, -0.2) is 20.9 Å². The molecule has 0 unspecified atom stereocenters. The highest BCUT2D eigenvalue weighted by Gasteiger charge is 2.33. The summed E-state index contributed by atoms with van der Waals surface area (Å²) in [6, 6.07) is 1.72. The van der Waals surface area contributed by atoms with Gasteiger partial charge in [0.2, 0.25) is 0 Å². The summed E-state index contributed by atoms with van der Waals surface area (Å²) in [4.78, 5) is 22.9. The van der Waals surface area contributed by atoms with E-state index >= 15 is 0 Å². The van der Waals surface area contributed by atoms with Crippen LogP contribution < -0.4 is 11.3 Å². The molecule has 0 aliphatic heterocycles. The Morgan fingerprint density at radius 1 is 1.24 bits per heavy atom. The number of nitrogens with one attached hydrogen (secondary N) is 1. The van der Waals surface area contributed by atoms with Gasteiger partial charge in [-0.3, -0.25) is 10.2 Å². The second-order valence-corrected chi connectivity index (χ2v) is 4.08. The predicted molar refractivity (Wildman–Crippen MR) is 66.7 cm³/mol. The van der Waals surface area contributed by atoms with Crippen LogP contribution in [0.15, 0.2) is 24.5 Å². The molecule has 0 aliphatic rings. The number of hydrogen-bond donors (Lipinski definition) is 2. The molecule has 0 saturated carbocycles. The van der Waals surface area contributed by atoms with Crippen LogP contribution in [0.25, 0.3) is 11.3 Å². The number of nitrogens with zero attached hydrogens (tertiary/aromatic N) is 3. The maximum Gasteiger partial charge on any atom is 0.433 e. The number of alkyl halides is 3. The summed E-state index contributed by atoms with van der Waals surface area (Å²) in [5.74, 6) is 4.70. The van der Waals surface area contributed by atoms with E-state index in [4.69, 9.17) is 5.84 Å². The van der Waals surface area contributed by atoms with Gasteiger partial charge in [-0.15, -0.1) is 0 Å². The SMILES string of the molecule is Cc1ncc(-c2nc(C(F)(F)F)ccc2C(=O)NN)cn1. The molecule has 0 aliphatic carbocycles. The number of halogens is 3. The molecule has 2 rings (SSSR count). The minimum atomic E-state index is -4.63. The van der Waals surface area contributed by atoms with Crippen molar-refractivity contribution in [3.05, 3.63) is 41.6 Å². The number of hydrazine groups is 1. The molecule has 0 bridgehead atoms. The number of amides is 1. The summed E-state index contributed by atoms with van der Waals surface area (Å²) in [7, 11) is 0. The van der Waals surface area contributed by atoms with Gasteiger partial charge in [-0.2, -0.15) is 13.2 Å². The molecule has 2 aromatic heterocycles. The zero-order valence-corrected chi connectivity index (χ0v) is 10.8. The van der Waals surface area contributed by atoms with Crippen molar-refractivity contribution >= 4 is 5.91 Å². The number of aryl methyl sites for hydroxylation is 1. The molecule has 0 radical (unpaired) electrons. The fourth-order valence-corrected chi connectivity index (χ4v) is 1.61. The zero-order chi connectivity index (χ0) is 15.6. The van der Waals surface area contributed by atoms with Gasteiger partial charge in [0.05, 0.1) is 11.3 Å². The Morgan fingerprint density at radius 2 is 1.86 bits per heavy atom. The van der Waals surface area contributed by atoms with E-state index in [9.17, 15) is 18.0 Å². The Labute approximate surface area is 117 Å². The molecule has 21 heavy (non-hydrogen) atoms. The van der Waals surface area contributed by atoms with Crippen molar-refractivity contribution in [2.45, 2.75) is 13.1 Å². The van der Waals surface area contributed by atoms with E-state index in [0.717, 1.165) is 6.07 Å². The van der Waals surface area contributed by atoms with Crippen LogP contribution in [0.3, 0.4) is 0 Å². The average Bonchev–Trinajstić information content (AvgIpc) is 2.45. The van der Waals surface area contributed by atoms with Gasteiger partial charge >= 0.3 is 6.18 Å². The van der Waals surface area contributed by atoms with E-state index in [1.165, 1.54) is 12.4 Å². The number of carbonyl (C=O) groups is 1. The summed E-state index contributed by atoms with van der Waals surface area (Å²) in [6.07, 6.45) is -2.05. The van der Waals surface area contributed by atoms with Crippen LogP contribution in [0.1, 0.15) is 21.9 Å². The Kier molecular flexibility index (Phi) is 3.85. The lowest BCUT2D eigenvalue weighted by molar-refractivity contribution is -0.141. The lowest BCUT2D eigenvalue weighted by Gasteiger charge is -2.11. The van der Waals surface area contributed by atoms with Crippen LogP contribution in [-0.2, 0) is 6.18 Å². The lowest BCUT2D eigenvalue weighted by atomic mass is 10.1. The van der Waals surface area contributed by atoms with E-state index in [-0.39, 0.29) is 16.8 Å². The number of nitrogens with two attached hydrogens (primary N) is 1. The van der Waals surface area contributed by atoms with Crippen molar-refractivity contribution < 1.29 is 18.0 Å². The van der Waals surface area contributed by atoms with Crippen LogP contribution in [0.2, 0.25) is 0 Å². The summed E-state index contributed by atoms with van der Waals surface area (Å²) in [5, 5.41) is 0. The quantitative estimate of drug-likeness (QED) is 0.497. The molecule has 3 N–H and O–H groups in total. The molecule has 0 fully saturated rings. The van der Waals surface area contributed by atoms with Crippen LogP contribution in [0.5, 0.6) is 0 Å². The smallest absolute Gasteiger partial charge is 0.290 e. The monoisotopic (exact) mass is 297 g/mol. The first-order valence-electron chi connectivity index (χ1n) is 5.71. The predicted octanol–water partition coefficient (Wildman–Crippen LogP) is 1.47. The summed E-state index contributed by atoms with van der Waals surface area (Å²) < 4.78 is 38.2. The number of carbonyl (C=O) groups excluding carboxylic acids is 1. The number of hydrogen-bond acceptors (Lipinski definition) is 5. The van der Waals surface area contributed by atoms with E-state index in [1.807, 2.05) is 5.43 Å². The van der Waals surface area contributed by atoms with E-state index in [1.54, 1.807) is 6.92 Å². The highest BCUT2D eigenvalue weighted by atomic mass is 19.4. The number of aromatic nitrogens is 3. The van der Waals surface area contributed by atoms with Crippen LogP contribution in [0, 0.1) is 6.92 Å². The maximum absolute atomic E-state index is 12.7. The molecule has 1 amide bonds. The van der Waals surface area contributed by atoms with Gasteiger partial charge in [-0.1, -0.05) is 0 Å². The van der Waals surface area contributed by atoms with Crippen LogP contribution in [0.4, 0.5) is 13.2 Å². The molecule has 0 spiro atoms. The molecule has 2 aromatic rings. The fourth-order valence-electron chi connectivity index (χ4n) is 1.61. The second-order valence-electron chi connectivity index (χ2n) is 4.08. The fraction of sp³-hybridized carbons (Fsp3) is 0.167. The van der Waals surface area contributed by atoms with Gasteiger partial charge in [0, 0.05) is 18.0 Å². The number of pyridine rings is 1. The maximum atomic E-state index is 12.7. The van der Waals surface area contributed by atoms with Crippen molar-refractivity contribution in [1.29, 1.82) is 0 Å². The normalized spacial score (nSPS) is 11.3. The van der Waals surface area contributed by atoms with Crippen molar-refractivity contribution in [3.63, 3.8) is 0 Å². The molecule has 6 nitrogen and oxygen atoms in total. The average molecular weight is 297 g/mol. The number of rotatable bonds is 2. The Hall–Kier alpha value is -2.55. The molecule has 2 heterocycles. The van der Waals surface area contributed by atoms with Gasteiger partial charge in [-0.05, 0) is 19.1 Å². The third-order valence-corrected chi connectivity index (χ3v) is 2.62. The Morgan fingerprint density at radius 3 is 2.38 bits per heavy atom. The van der Waals surface area contributed by atoms with Gasteiger partial charge in [0.25, 0.3) is 5.91 Å². The highest BCUT2D eigenvalue weighted by molar-refractivity contribution is 5.99. The van der Waals surface area contributed by atoms with Gasteiger partial charge < -0.3 is 0 Å². The van der Waals surface area contributed by atoms with Crippen molar-refractivity contribution in [2.75, 3.05) is 0 Å². The lowest BCUT2D eigenvalue weighted by Crippen LogP contribution is -2.30. The molecular formula is C12H10F3N5O. The molecule has 0 saturated heterocycles. The third kappa shape index (κ3) is 3.14. The Bertz CT molecular complexity index is 670. The zero-order valence-electron chi connectivity index (χ0n) is 10.8.